The number of aliphatic imine (C=N–C) groups is 1. The Kier molecular flexibility index (Phi) is 9.27. The Labute approximate surface area is 175 Å². The normalized spacial score (nSPS) is 10.6. The number of carbonyl (C=O) groups excluding carboxylic acids is 2. The van der Waals surface area contributed by atoms with Crippen molar-refractivity contribution in [1.82, 2.24) is 5.32 Å². The lowest BCUT2D eigenvalue weighted by Crippen LogP contribution is -2.33. The average Bonchev–Trinajstić information content (AvgIpc) is 2.65. The van der Waals surface area contributed by atoms with Crippen LogP contribution in [0.25, 0.3) is 0 Å². The lowest BCUT2D eigenvalue weighted by molar-refractivity contribution is -0.117. The predicted molar refractivity (Wildman–Crippen MR) is 118 cm³/mol. The van der Waals surface area contributed by atoms with E-state index in [4.69, 9.17) is 11.5 Å². The second kappa shape index (κ2) is 11.2. The van der Waals surface area contributed by atoms with Crippen LogP contribution < -0.4 is 22.1 Å². The molecule has 0 aliphatic carbocycles. The third-order valence-corrected chi connectivity index (χ3v) is 3.68. The number of nitrogens with two attached hydrogens (primary N) is 2. The Balaban J connectivity index is 0.00000364. The predicted octanol–water partition coefficient (Wildman–Crippen LogP) is 2.01. The molecule has 0 atom stereocenters. The molecule has 0 spiro atoms. The summed E-state index contributed by atoms with van der Waals surface area (Å²) in [6.07, 6.45) is 0.950. The maximum atomic E-state index is 11.8. The van der Waals surface area contributed by atoms with E-state index >= 15 is 0 Å². The highest BCUT2D eigenvalue weighted by molar-refractivity contribution is 14.0. The maximum absolute atomic E-state index is 11.8. The first-order chi connectivity index (χ1) is 12.5. The molecule has 2 amide bonds. The minimum atomic E-state index is -0.586. The van der Waals surface area contributed by atoms with Crippen LogP contribution >= 0.6 is 24.0 Å². The first-order valence-electron chi connectivity index (χ1n) is 8.29. The van der Waals surface area contributed by atoms with Crippen LogP contribution in [0.5, 0.6) is 0 Å². The van der Waals surface area contributed by atoms with Gasteiger partial charge in [-0.2, -0.15) is 0 Å². The van der Waals surface area contributed by atoms with Gasteiger partial charge in [-0.1, -0.05) is 31.2 Å². The molecule has 0 saturated carbocycles. The summed E-state index contributed by atoms with van der Waals surface area (Å²) in [6.45, 7) is 2.29. The molecular weight excluding hydrogens is 457 g/mol. The summed E-state index contributed by atoms with van der Waals surface area (Å²) in [5.41, 5.74) is 14.4. The van der Waals surface area contributed by atoms with Crippen molar-refractivity contribution < 1.29 is 9.59 Å². The first-order valence-corrected chi connectivity index (χ1v) is 8.29. The molecule has 0 saturated heterocycles. The van der Waals surface area contributed by atoms with Crippen molar-refractivity contribution >= 4 is 47.4 Å². The van der Waals surface area contributed by atoms with Gasteiger partial charge in [-0.05, 0) is 41.8 Å². The number of amides is 2. The molecule has 0 heterocycles. The zero-order valence-corrected chi connectivity index (χ0v) is 17.4. The Hall–Kier alpha value is -2.62. The molecule has 144 valence electrons. The van der Waals surface area contributed by atoms with Crippen LogP contribution in [0.1, 0.15) is 28.4 Å². The third kappa shape index (κ3) is 7.65. The van der Waals surface area contributed by atoms with Crippen molar-refractivity contribution in [3.63, 3.8) is 0 Å². The van der Waals surface area contributed by atoms with Crippen molar-refractivity contribution in [2.75, 3.05) is 11.9 Å². The van der Waals surface area contributed by atoms with Gasteiger partial charge in [0.2, 0.25) is 5.91 Å². The third-order valence-electron chi connectivity index (χ3n) is 3.68. The zero-order chi connectivity index (χ0) is 18.9. The highest BCUT2D eigenvalue weighted by Gasteiger charge is 2.06. The van der Waals surface area contributed by atoms with Crippen LogP contribution in [0.2, 0.25) is 0 Å². The van der Waals surface area contributed by atoms with Gasteiger partial charge in [-0.3, -0.25) is 9.59 Å². The summed E-state index contributed by atoms with van der Waals surface area (Å²) in [4.78, 5) is 26.8. The number of nitrogens with zero attached hydrogens (tertiary/aromatic N) is 1. The highest BCUT2D eigenvalue weighted by Crippen LogP contribution is 2.11. The van der Waals surface area contributed by atoms with Gasteiger partial charge in [-0.25, -0.2) is 4.99 Å². The van der Waals surface area contributed by atoms with Crippen LogP contribution in [-0.4, -0.2) is 24.3 Å². The van der Waals surface area contributed by atoms with E-state index in [-0.39, 0.29) is 36.4 Å². The lowest BCUT2D eigenvalue weighted by atomic mass is 10.1. The van der Waals surface area contributed by atoms with Gasteiger partial charge in [0, 0.05) is 11.3 Å². The minimum Gasteiger partial charge on any atom is -0.370 e. The number of benzene rings is 2. The van der Waals surface area contributed by atoms with Gasteiger partial charge in [0.15, 0.2) is 5.96 Å². The van der Waals surface area contributed by atoms with Crippen LogP contribution in [0, 0.1) is 0 Å². The van der Waals surface area contributed by atoms with E-state index < -0.39 is 5.91 Å². The molecule has 2 rings (SSSR count). The molecule has 6 N–H and O–H groups in total. The molecule has 0 radical (unpaired) electrons. The molecule has 0 aromatic heterocycles. The topological polar surface area (TPSA) is 123 Å². The Morgan fingerprint density at radius 3 is 2.37 bits per heavy atom. The summed E-state index contributed by atoms with van der Waals surface area (Å²) in [5, 5.41) is 5.50. The number of hydrogen-bond donors (Lipinski definition) is 4. The van der Waals surface area contributed by atoms with E-state index in [1.54, 1.807) is 24.3 Å². The van der Waals surface area contributed by atoms with E-state index in [0.717, 1.165) is 17.7 Å². The van der Waals surface area contributed by atoms with Gasteiger partial charge in [0.1, 0.15) is 0 Å². The molecule has 0 unspecified atom stereocenters. The molecule has 2 aromatic rings. The van der Waals surface area contributed by atoms with Crippen LogP contribution in [0.3, 0.4) is 0 Å². The number of rotatable bonds is 7. The largest absolute Gasteiger partial charge is 0.370 e. The molecule has 7 nitrogen and oxygen atoms in total. The number of halogens is 1. The van der Waals surface area contributed by atoms with E-state index in [1.165, 1.54) is 5.56 Å². The summed E-state index contributed by atoms with van der Waals surface area (Å²) in [7, 11) is 0. The van der Waals surface area contributed by atoms with Crippen LogP contribution in [0.4, 0.5) is 5.69 Å². The first kappa shape index (κ1) is 22.4. The number of anilines is 1. The number of guanidine groups is 1. The standard InChI is InChI=1S/C19H23N5O2.HI/c1-2-13-4-3-5-16(10-13)24-19(21)23-11-14-6-8-15(9-7-14)18(26)22-12-17(20)25;/h3-10H,2,11-12H2,1H3,(H2,20,25)(H,22,26)(H3,21,23,24);1H. The monoisotopic (exact) mass is 481 g/mol. The number of hydrogen-bond acceptors (Lipinski definition) is 3. The van der Waals surface area contributed by atoms with Crippen LogP contribution in [-0.2, 0) is 17.8 Å². The van der Waals surface area contributed by atoms with Crippen molar-refractivity contribution in [3.05, 3.63) is 65.2 Å². The zero-order valence-electron chi connectivity index (χ0n) is 15.1. The van der Waals surface area contributed by atoms with Crippen molar-refractivity contribution in [1.29, 1.82) is 0 Å². The minimum absolute atomic E-state index is 0. The molecule has 0 aliphatic heterocycles. The lowest BCUT2D eigenvalue weighted by Gasteiger charge is -2.07. The van der Waals surface area contributed by atoms with Gasteiger partial charge in [-0.15, -0.1) is 24.0 Å². The fourth-order valence-electron chi connectivity index (χ4n) is 2.26. The number of primary amides is 1. The van der Waals surface area contributed by atoms with Crippen molar-refractivity contribution in [2.24, 2.45) is 16.5 Å². The second-order valence-electron chi connectivity index (χ2n) is 5.73. The van der Waals surface area contributed by atoms with Crippen molar-refractivity contribution in [3.8, 4) is 0 Å². The molecular formula is C19H24IN5O2. The molecule has 0 fully saturated rings. The molecule has 0 bridgehead atoms. The van der Waals surface area contributed by atoms with Crippen molar-refractivity contribution in [2.45, 2.75) is 19.9 Å². The maximum Gasteiger partial charge on any atom is 0.251 e. The fraction of sp³-hybridized carbons (Fsp3) is 0.211. The molecule has 8 heteroatoms. The Morgan fingerprint density at radius 2 is 1.74 bits per heavy atom. The quantitative estimate of drug-likeness (QED) is 0.275. The van der Waals surface area contributed by atoms with E-state index in [9.17, 15) is 9.59 Å². The van der Waals surface area contributed by atoms with Gasteiger partial charge >= 0.3 is 0 Å². The summed E-state index contributed by atoms with van der Waals surface area (Å²) < 4.78 is 0. The van der Waals surface area contributed by atoms with E-state index in [1.807, 2.05) is 18.2 Å². The molecule has 2 aromatic carbocycles. The summed E-state index contributed by atoms with van der Waals surface area (Å²) in [6, 6.07) is 14.9. The summed E-state index contributed by atoms with van der Waals surface area (Å²) in [5.74, 6) is -0.617. The summed E-state index contributed by atoms with van der Waals surface area (Å²) >= 11 is 0. The van der Waals surface area contributed by atoms with E-state index in [0.29, 0.717) is 18.1 Å². The van der Waals surface area contributed by atoms with Crippen LogP contribution in [0.15, 0.2) is 53.5 Å². The van der Waals surface area contributed by atoms with E-state index in [2.05, 4.69) is 28.6 Å². The van der Waals surface area contributed by atoms with Gasteiger partial charge < -0.3 is 22.1 Å². The van der Waals surface area contributed by atoms with Gasteiger partial charge in [0.05, 0.1) is 13.1 Å². The fourth-order valence-corrected chi connectivity index (χ4v) is 2.26. The number of nitrogens with one attached hydrogen (secondary N) is 2. The second-order valence-corrected chi connectivity index (χ2v) is 5.73. The smallest absolute Gasteiger partial charge is 0.251 e. The Morgan fingerprint density at radius 1 is 1.04 bits per heavy atom. The highest BCUT2D eigenvalue weighted by atomic mass is 127. The van der Waals surface area contributed by atoms with Gasteiger partial charge in [0.25, 0.3) is 5.91 Å². The Bertz CT molecular complexity index is 806. The number of carbonyl (C=O) groups is 2. The average molecular weight is 481 g/mol. The SMILES string of the molecule is CCc1cccc(NC(N)=NCc2ccc(C(=O)NCC(N)=O)cc2)c1.I. The molecule has 27 heavy (non-hydrogen) atoms. The number of aryl methyl sites for hydroxylation is 1. The molecule has 0 aliphatic rings.